The van der Waals surface area contributed by atoms with E-state index in [-0.39, 0.29) is 5.43 Å². The van der Waals surface area contributed by atoms with Crippen molar-refractivity contribution >= 4 is 28.9 Å². The van der Waals surface area contributed by atoms with Gasteiger partial charge in [0.2, 0.25) is 0 Å². The molecule has 0 fully saturated rings. The number of ether oxygens (including phenoxy) is 1. The fourth-order valence-corrected chi connectivity index (χ4v) is 3.25. The molecular weight excluding hydrogens is 308 g/mol. The van der Waals surface area contributed by atoms with Crippen LogP contribution in [0.4, 0.5) is 0 Å². The predicted molar refractivity (Wildman–Crippen MR) is 85.4 cm³/mol. The molecule has 0 saturated heterocycles. The van der Waals surface area contributed by atoms with E-state index in [0.29, 0.717) is 28.0 Å². The van der Waals surface area contributed by atoms with Crippen LogP contribution < -0.4 is 10.2 Å². The van der Waals surface area contributed by atoms with Gasteiger partial charge in [0.15, 0.2) is 10.5 Å². The molecule has 0 saturated carbocycles. The van der Waals surface area contributed by atoms with E-state index in [4.69, 9.17) is 20.8 Å². The maximum Gasteiger partial charge on any atom is 0.193 e. The third-order valence-electron chi connectivity index (χ3n) is 3.11. The minimum absolute atomic E-state index is 0.0214. The van der Waals surface area contributed by atoms with Gasteiger partial charge in [-0.2, -0.15) is 0 Å². The van der Waals surface area contributed by atoms with Crippen LogP contribution in [0.5, 0.6) is 5.75 Å². The first-order valence-corrected chi connectivity index (χ1v) is 7.85. The second-order valence-electron chi connectivity index (χ2n) is 4.67. The quantitative estimate of drug-likeness (QED) is 0.851. The number of aryl methyl sites for hydroxylation is 1. The SMILES string of the molecule is Cc1cc(=O)c2c(o1)SCC=C2COc1ccc(Cl)cc1. The zero-order valence-electron chi connectivity index (χ0n) is 11.4. The first-order chi connectivity index (χ1) is 10.1. The Hall–Kier alpha value is -1.65. The summed E-state index contributed by atoms with van der Waals surface area (Å²) in [5.74, 6) is 2.13. The molecule has 2 aromatic rings. The summed E-state index contributed by atoms with van der Waals surface area (Å²) < 4.78 is 11.4. The van der Waals surface area contributed by atoms with Crippen molar-refractivity contribution in [3.05, 3.63) is 63.0 Å². The second-order valence-corrected chi connectivity index (χ2v) is 6.10. The summed E-state index contributed by atoms with van der Waals surface area (Å²) in [6, 6.07) is 8.67. The van der Waals surface area contributed by atoms with Crippen molar-refractivity contribution in [3.8, 4) is 5.75 Å². The molecule has 1 aromatic carbocycles. The number of thioether (sulfide) groups is 1. The molecule has 0 radical (unpaired) electrons. The van der Waals surface area contributed by atoms with Crippen molar-refractivity contribution in [2.75, 3.05) is 12.4 Å². The normalized spacial score (nSPS) is 13.5. The summed E-state index contributed by atoms with van der Waals surface area (Å²) in [4.78, 5) is 12.2. The first-order valence-electron chi connectivity index (χ1n) is 6.49. The third-order valence-corrected chi connectivity index (χ3v) is 4.25. The number of halogens is 1. The zero-order chi connectivity index (χ0) is 14.8. The van der Waals surface area contributed by atoms with E-state index in [9.17, 15) is 4.79 Å². The Morgan fingerprint density at radius 3 is 2.86 bits per heavy atom. The molecule has 21 heavy (non-hydrogen) atoms. The highest BCUT2D eigenvalue weighted by atomic mass is 35.5. The standard InChI is InChI=1S/C16H13ClO3S/c1-10-8-14(18)15-11(6-7-21-16(15)20-10)9-19-13-4-2-12(17)3-5-13/h2-6,8H,7,9H2,1H3. The molecule has 108 valence electrons. The van der Waals surface area contributed by atoms with Crippen molar-refractivity contribution in [2.24, 2.45) is 0 Å². The lowest BCUT2D eigenvalue weighted by molar-refractivity contribution is 0.366. The molecular formula is C16H13ClO3S. The highest BCUT2D eigenvalue weighted by Gasteiger charge is 2.20. The van der Waals surface area contributed by atoms with Crippen LogP contribution in [0.25, 0.3) is 5.57 Å². The first kappa shape index (κ1) is 14.3. The Labute approximate surface area is 131 Å². The van der Waals surface area contributed by atoms with Crippen molar-refractivity contribution in [1.29, 1.82) is 0 Å². The van der Waals surface area contributed by atoms with Gasteiger partial charge in [0, 0.05) is 22.4 Å². The van der Waals surface area contributed by atoms with E-state index in [1.165, 1.54) is 17.8 Å². The van der Waals surface area contributed by atoms with Gasteiger partial charge in [-0.1, -0.05) is 29.4 Å². The van der Waals surface area contributed by atoms with Crippen molar-refractivity contribution < 1.29 is 9.15 Å². The Bertz CT molecular complexity index is 747. The van der Waals surface area contributed by atoms with Gasteiger partial charge in [0.1, 0.15) is 18.1 Å². The number of fused-ring (bicyclic) bond motifs is 1. The van der Waals surface area contributed by atoms with E-state index in [2.05, 4.69) is 0 Å². The van der Waals surface area contributed by atoms with Gasteiger partial charge in [0.05, 0.1) is 5.56 Å². The highest BCUT2D eigenvalue weighted by Crippen LogP contribution is 2.32. The summed E-state index contributed by atoms with van der Waals surface area (Å²) in [5, 5.41) is 1.34. The highest BCUT2D eigenvalue weighted by molar-refractivity contribution is 7.99. The summed E-state index contributed by atoms with van der Waals surface area (Å²) in [6.07, 6.45) is 2.01. The molecule has 1 aromatic heterocycles. The van der Waals surface area contributed by atoms with Gasteiger partial charge < -0.3 is 9.15 Å². The van der Waals surface area contributed by atoms with Crippen LogP contribution in [0.1, 0.15) is 11.3 Å². The fourth-order valence-electron chi connectivity index (χ4n) is 2.12. The van der Waals surface area contributed by atoms with E-state index >= 15 is 0 Å². The largest absolute Gasteiger partial charge is 0.489 e. The van der Waals surface area contributed by atoms with E-state index in [0.717, 1.165) is 17.1 Å². The Morgan fingerprint density at radius 1 is 1.33 bits per heavy atom. The molecule has 5 heteroatoms. The molecule has 3 rings (SSSR count). The monoisotopic (exact) mass is 320 g/mol. The number of hydrogen-bond donors (Lipinski definition) is 0. The van der Waals surface area contributed by atoms with Crippen molar-refractivity contribution in [3.63, 3.8) is 0 Å². The average molecular weight is 321 g/mol. The van der Waals surface area contributed by atoms with Crippen molar-refractivity contribution in [2.45, 2.75) is 12.0 Å². The van der Waals surface area contributed by atoms with Gasteiger partial charge in [-0.25, -0.2) is 0 Å². The molecule has 0 aliphatic carbocycles. The number of hydrogen-bond acceptors (Lipinski definition) is 4. The Kier molecular flexibility index (Phi) is 4.08. The van der Waals surface area contributed by atoms with E-state index in [1.807, 2.05) is 6.08 Å². The predicted octanol–water partition coefficient (Wildman–Crippen LogP) is 4.17. The molecule has 3 nitrogen and oxygen atoms in total. The average Bonchev–Trinajstić information content (AvgIpc) is 2.46. The minimum atomic E-state index is -0.0214. The van der Waals surface area contributed by atoms with Gasteiger partial charge >= 0.3 is 0 Å². The van der Waals surface area contributed by atoms with Crippen LogP contribution in [0.2, 0.25) is 5.02 Å². The lowest BCUT2D eigenvalue weighted by Crippen LogP contribution is -2.15. The molecule has 0 N–H and O–H groups in total. The lowest BCUT2D eigenvalue weighted by atomic mass is 10.1. The molecule has 0 bridgehead atoms. The van der Waals surface area contributed by atoms with Gasteiger partial charge in [0.25, 0.3) is 0 Å². The van der Waals surface area contributed by atoms with E-state index < -0.39 is 0 Å². The van der Waals surface area contributed by atoms with Crippen LogP contribution in [-0.4, -0.2) is 12.4 Å². The Balaban J connectivity index is 1.83. The van der Waals surface area contributed by atoms with Gasteiger partial charge in [-0.15, -0.1) is 0 Å². The maximum absolute atomic E-state index is 12.2. The zero-order valence-corrected chi connectivity index (χ0v) is 13.0. The summed E-state index contributed by atoms with van der Waals surface area (Å²) >= 11 is 7.37. The van der Waals surface area contributed by atoms with Crippen LogP contribution >= 0.6 is 23.4 Å². The third kappa shape index (κ3) is 3.17. The minimum Gasteiger partial charge on any atom is -0.489 e. The smallest absolute Gasteiger partial charge is 0.193 e. The topological polar surface area (TPSA) is 39.4 Å². The Morgan fingerprint density at radius 2 is 2.10 bits per heavy atom. The van der Waals surface area contributed by atoms with Crippen LogP contribution in [0, 0.1) is 6.92 Å². The summed E-state index contributed by atoms with van der Waals surface area (Å²) in [6.45, 7) is 2.12. The molecule has 0 spiro atoms. The van der Waals surface area contributed by atoms with Crippen molar-refractivity contribution in [1.82, 2.24) is 0 Å². The molecule has 0 atom stereocenters. The summed E-state index contributed by atoms with van der Waals surface area (Å²) in [5.41, 5.74) is 1.46. The van der Waals surface area contributed by atoms with Crippen LogP contribution in [-0.2, 0) is 0 Å². The van der Waals surface area contributed by atoms with Gasteiger partial charge in [-0.05, 0) is 31.2 Å². The van der Waals surface area contributed by atoms with Crippen LogP contribution in [0.15, 0.2) is 50.7 Å². The van der Waals surface area contributed by atoms with Gasteiger partial charge in [-0.3, -0.25) is 4.79 Å². The molecule has 2 heterocycles. The van der Waals surface area contributed by atoms with Crippen LogP contribution in [0.3, 0.4) is 0 Å². The molecule has 1 aliphatic heterocycles. The molecule has 0 amide bonds. The molecule has 1 aliphatic rings. The lowest BCUT2D eigenvalue weighted by Gasteiger charge is -2.16. The second kappa shape index (κ2) is 6.00. The van der Waals surface area contributed by atoms with E-state index in [1.54, 1.807) is 31.2 Å². The number of rotatable bonds is 3. The molecule has 0 unspecified atom stereocenters. The fraction of sp³-hybridized carbons (Fsp3) is 0.188. The summed E-state index contributed by atoms with van der Waals surface area (Å²) in [7, 11) is 0. The maximum atomic E-state index is 12.2. The number of benzene rings is 1.